The molecule has 1 saturated heterocycles. The van der Waals surface area contributed by atoms with Gasteiger partial charge in [0.05, 0.1) is 16.9 Å². The number of nitrogens with zero attached hydrogens (tertiary/aromatic N) is 4. The highest BCUT2D eigenvalue weighted by Gasteiger charge is 2.43. The number of fused-ring (bicyclic) bond motifs is 4. The molecule has 35 heavy (non-hydrogen) atoms. The summed E-state index contributed by atoms with van der Waals surface area (Å²) >= 11 is 0. The smallest absolute Gasteiger partial charge is 0.269 e. The lowest BCUT2D eigenvalue weighted by atomic mass is 9.82. The lowest BCUT2D eigenvalue weighted by molar-refractivity contribution is -0.384. The van der Waals surface area contributed by atoms with Crippen LogP contribution in [0.25, 0.3) is 0 Å². The molecule has 3 aromatic carbocycles. The van der Waals surface area contributed by atoms with Crippen LogP contribution in [0.1, 0.15) is 16.7 Å². The van der Waals surface area contributed by atoms with Crippen molar-refractivity contribution in [3.05, 3.63) is 99.6 Å². The molecular weight excluding hydrogens is 440 g/mol. The van der Waals surface area contributed by atoms with Gasteiger partial charge in [0.15, 0.2) is 0 Å². The Morgan fingerprint density at radius 1 is 0.886 bits per heavy atom. The first-order valence-electron chi connectivity index (χ1n) is 12.3. The van der Waals surface area contributed by atoms with E-state index >= 15 is 0 Å². The van der Waals surface area contributed by atoms with Crippen molar-refractivity contribution in [3.63, 3.8) is 0 Å². The van der Waals surface area contributed by atoms with E-state index in [1.54, 1.807) is 12.1 Å². The molecule has 3 aliphatic rings. The van der Waals surface area contributed by atoms with Gasteiger partial charge < -0.3 is 14.7 Å². The number of piperazine rings is 1. The number of carbonyl (C=O) groups excluding carboxylic acids is 1. The van der Waals surface area contributed by atoms with Crippen molar-refractivity contribution in [3.8, 4) is 0 Å². The molecule has 0 spiro atoms. The van der Waals surface area contributed by atoms with Crippen LogP contribution in [0, 0.1) is 16.0 Å². The quantitative estimate of drug-likeness (QED) is 0.429. The second-order valence-electron chi connectivity index (χ2n) is 9.70. The van der Waals surface area contributed by atoms with Gasteiger partial charge in [-0.2, -0.15) is 0 Å². The van der Waals surface area contributed by atoms with Crippen molar-refractivity contribution >= 4 is 23.0 Å². The molecule has 3 aromatic rings. The number of rotatable bonds is 3. The Bertz CT molecular complexity index is 1280. The molecule has 1 fully saturated rings. The van der Waals surface area contributed by atoms with E-state index in [-0.39, 0.29) is 28.5 Å². The van der Waals surface area contributed by atoms with Crippen LogP contribution < -0.4 is 9.80 Å². The summed E-state index contributed by atoms with van der Waals surface area (Å²) in [4.78, 5) is 31.8. The number of hydrogen-bond donors (Lipinski definition) is 0. The van der Waals surface area contributed by atoms with Crippen LogP contribution in [0.5, 0.6) is 0 Å². The van der Waals surface area contributed by atoms with E-state index in [1.165, 1.54) is 16.8 Å². The minimum atomic E-state index is -0.349. The van der Waals surface area contributed by atoms with Crippen molar-refractivity contribution < 1.29 is 9.72 Å². The summed E-state index contributed by atoms with van der Waals surface area (Å²) in [5, 5.41) is 11.5. The van der Waals surface area contributed by atoms with Crippen LogP contribution in [0.3, 0.4) is 0 Å². The third-order valence-electron chi connectivity index (χ3n) is 7.79. The van der Waals surface area contributed by atoms with Crippen molar-refractivity contribution in [2.24, 2.45) is 5.92 Å². The van der Waals surface area contributed by atoms with E-state index in [4.69, 9.17) is 0 Å². The molecule has 0 N–H and O–H groups in total. The summed E-state index contributed by atoms with van der Waals surface area (Å²) in [7, 11) is 0. The summed E-state index contributed by atoms with van der Waals surface area (Å²) < 4.78 is 0. The van der Waals surface area contributed by atoms with Gasteiger partial charge in [-0.15, -0.1) is 0 Å². The van der Waals surface area contributed by atoms with Crippen molar-refractivity contribution in [1.82, 2.24) is 4.90 Å². The Labute approximate surface area is 204 Å². The minimum Gasteiger partial charge on any atom is -0.368 e. The first-order valence-corrected chi connectivity index (χ1v) is 12.3. The number of nitro groups is 1. The number of hydrogen-bond acceptors (Lipinski definition) is 5. The number of anilines is 2. The third kappa shape index (κ3) is 3.91. The lowest BCUT2D eigenvalue weighted by Crippen LogP contribution is -2.61. The maximum atomic E-state index is 14.0. The van der Waals surface area contributed by atoms with Crippen LogP contribution in [0.15, 0.2) is 72.8 Å². The molecule has 0 aliphatic carbocycles. The van der Waals surface area contributed by atoms with E-state index in [9.17, 15) is 14.9 Å². The van der Waals surface area contributed by atoms with Gasteiger partial charge in [-0.1, -0.05) is 42.5 Å². The van der Waals surface area contributed by atoms with Gasteiger partial charge in [-0.25, -0.2) is 0 Å². The maximum Gasteiger partial charge on any atom is 0.269 e. The summed E-state index contributed by atoms with van der Waals surface area (Å²) in [6, 6.07) is 23.8. The molecule has 178 valence electrons. The van der Waals surface area contributed by atoms with Crippen LogP contribution >= 0.6 is 0 Å². The molecule has 2 atom stereocenters. The second kappa shape index (κ2) is 8.73. The number of non-ortho nitro benzene ring substituents is 1. The van der Waals surface area contributed by atoms with E-state index in [2.05, 4.69) is 40.1 Å². The van der Waals surface area contributed by atoms with Gasteiger partial charge in [-0.3, -0.25) is 14.9 Å². The highest BCUT2D eigenvalue weighted by Crippen LogP contribution is 2.39. The van der Waals surface area contributed by atoms with Crippen molar-refractivity contribution in [2.45, 2.75) is 25.4 Å². The molecule has 0 aromatic heterocycles. The zero-order chi connectivity index (χ0) is 23.9. The summed E-state index contributed by atoms with van der Waals surface area (Å²) in [6.07, 6.45) is 1.39. The molecule has 2 unspecified atom stereocenters. The largest absolute Gasteiger partial charge is 0.368 e. The molecule has 7 heteroatoms. The predicted molar refractivity (Wildman–Crippen MR) is 136 cm³/mol. The van der Waals surface area contributed by atoms with Gasteiger partial charge in [0, 0.05) is 56.2 Å². The van der Waals surface area contributed by atoms with Gasteiger partial charge in [0.2, 0.25) is 5.91 Å². The van der Waals surface area contributed by atoms with E-state index in [0.29, 0.717) is 19.5 Å². The highest BCUT2D eigenvalue weighted by atomic mass is 16.6. The molecule has 0 saturated carbocycles. The molecular formula is C28H28N4O3. The van der Waals surface area contributed by atoms with E-state index in [0.717, 1.165) is 37.3 Å². The van der Waals surface area contributed by atoms with Crippen molar-refractivity contribution in [2.75, 3.05) is 36.0 Å². The molecule has 3 aliphatic heterocycles. The number of benzene rings is 3. The average Bonchev–Trinajstić information content (AvgIpc) is 2.91. The fourth-order valence-electron chi connectivity index (χ4n) is 6.00. The Morgan fingerprint density at radius 2 is 1.66 bits per heavy atom. The fraction of sp³-hybridized carbons (Fsp3) is 0.321. The molecule has 6 rings (SSSR count). The summed E-state index contributed by atoms with van der Waals surface area (Å²) in [5.74, 6) is -0.0946. The SMILES string of the molecule is O=C(C1Cc2cc([N+](=O)[O-])ccc2N2CCN(c3ccccc3)CC12)N1CCc2ccccc2C1. The third-order valence-corrected chi connectivity index (χ3v) is 7.79. The van der Waals surface area contributed by atoms with Crippen molar-refractivity contribution in [1.29, 1.82) is 0 Å². The lowest BCUT2D eigenvalue weighted by Gasteiger charge is -2.50. The predicted octanol–water partition coefficient (Wildman–Crippen LogP) is 4.05. The van der Waals surface area contributed by atoms with E-state index < -0.39 is 0 Å². The topological polar surface area (TPSA) is 69.9 Å². The Balaban J connectivity index is 1.34. The van der Waals surface area contributed by atoms with Gasteiger partial charge >= 0.3 is 0 Å². The highest BCUT2D eigenvalue weighted by molar-refractivity contribution is 5.83. The molecule has 3 heterocycles. The Morgan fingerprint density at radius 3 is 2.46 bits per heavy atom. The first-order chi connectivity index (χ1) is 17.1. The number of carbonyl (C=O) groups is 1. The molecule has 0 bridgehead atoms. The summed E-state index contributed by atoms with van der Waals surface area (Å²) in [6.45, 7) is 3.71. The minimum absolute atomic E-state index is 0.0163. The van der Waals surface area contributed by atoms with Crippen LogP contribution in [0.4, 0.5) is 17.1 Å². The Hall–Kier alpha value is -3.87. The zero-order valence-corrected chi connectivity index (χ0v) is 19.5. The maximum absolute atomic E-state index is 14.0. The number of amides is 1. The Kier molecular flexibility index (Phi) is 5.40. The molecule has 7 nitrogen and oxygen atoms in total. The summed E-state index contributed by atoms with van der Waals surface area (Å²) in [5.41, 5.74) is 5.71. The molecule has 0 radical (unpaired) electrons. The van der Waals surface area contributed by atoms with Gasteiger partial charge in [-0.05, 0) is 47.7 Å². The average molecular weight is 469 g/mol. The fourth-order valence-corrected chi connectivity index (χ4v) is 6.00. The van der Waals surface area contributed by atoms with Crippen LogP contribution in [0.2, 0.25) is 0 Å². The molecule has 1 amide bonds. The van der Waals surface area contributed by atoms with Crippen LogP contribution in [-0.4, -0.2) is 48.0 Å². The van der Waals surface area contributed by atoms with Crippen LogP contribution in [-0.2, 0) is 24.2 Å². The second-order valence-corrected chi connectivity index (χ2v) is 9.70. The van der Waals surface area contributed by atoms with Gasteiger partial charge in [0.1, 0.15) is 0 Å². The normalized spacial score (nSPS) is 21.1. The first kappa shape index (κ1) is 21.6. The van der Waals surface area contributed by atoms with Gasteiger partial charge in [0.25, 0.3) is 5.69 Å². The van der Waals surface area contributed by atoms with E-state index in [1.807, 2.05) is 35.2 Å². The standard InChI is InChI=1S/C28H28N4O3/c33-28(30-13-12-20-6-4-5-7-21(20)18-30)25-17-22-16-24(32(34)35)10-11-26(22)31-15-14-29(19-27(25)31)23-8-2-1-3-9-23/h1-11,16,25,27H,12-15,17-19H2. The number of nitro benzene ring substituents is 1. The zero-order valence-electron chi connectivity index (χ0n) is 19.5. The number of para-hydroxylation sites is 1. The monoisotopic (exact) mass is 468 g/mol.